The van der Waals surface area contributed by atoms with Crippen LogP contribution in [0.4, 0.5) is 16.2 Å². The number of nitrogens with zero attached hydrogens (tertiary/aromatic N) is 2. The lowest BCUT2D eigenvalue weighted by molar-refractivity contribution is 0.262. The summed E-state index contributed by atoms with van der Waals surface area (Å²) in [7, 11) is 1.51. The number of urea groups is 1. The van der Waals surface area contributed by atoms with Crippen molar-refractivity contribution in [2.24, 2.45) is 0 Å². The van der Waals surface area contributed by atoms with E-state index in [1.165, 1.54) is 24.9 Å². The van der Waals surface area contributed by atoms with Crippen molar-refractivity contribution in [3.8, 4) is 5.75 Å². The molecule has 0 atom stereocenters. The van der Waals surface area contributed by atoms with Crippen molar-refractivity contribution < 1.29 is 14.1 Å². The number of carbonyl (C=O) groups is 1. The summed E-state index contributed by atoms with van der Waals surface area (Å²) >= 11 is 7.48. The van der Waals surface area contributed by atoms with Gasteiger partial charge in [-0.15, -0.1) is 16.3 Å². The maximum Gasteiger partial charge on any atom is 0.323 e. The van der Waals surface area contributed by atoms with Crippen LogP contribution in [0.3, 0.4) is 0 Å². The molecule has 0 saturated carbocycles. The molecule has 10 heteroatoms. The third-order valence-corrected chi connectivity index (χ3v) is 5.79. The third-order valence-electron chi connectivity index (χ3n) is 4.44. The van der Waals surface area contributed by atoms with Gasteiger partial charge in [-0.05, 0) is 37.3 Å². The molecule has 0 unspecified atom stereocenters. The van der Waals surface area contributed by atoms with Gasteiger partial charge in [0.2, 0.25) is 0 Å². The maximum absolute atomic E-state index is 12.6. The number of ether oxygens (including phenoxy) is 1. The highest BCUT2D eigenvalue weighted by atomic mass is 35.5. The second-order valence-corrected chi connectivity index (χ2v) is 8.25. The highest BCUT2D eigenvalue weighted by Crippen LogP contribution is 2.31. The van der Waals surface area contributed by atoms with Crippen LogP contribution in [0.5, 0.6) is 5.75 Å². The Hall–Kier alpha value is -3.43. The summed E-state index contributed by atoms with van der Waals surface area (Å²) in [5.74, 6) is 1.55. The van der Waals surface area contributed by atoms with E-state index in [4.69, 9.17) is 20.9 Å². The van der Waals surface area contributed by atoms with Gasteiger partial charge in [-0.1, -0.05) is 23.7 Å². The van der Waals surface area contributed by atoms with Crippen LogP contribution in [-0.4, -0.2) is 22.7 Å². The molecule has 0 bridgehead atoms. The molecule has 0 fully saturated rings. The predicted octanol–water partition coefficient (Wildman–Crippen LogP) is 5.19. The van der Waals surface area contributed by atoms with Gasteiger partial charge in [-0.2, -0.15) is 0 Å². The number of rotatable bonds is 6. The van der Waals surface area contributed by atoms with Gasteiger partial charge in [0.05, 0.1) is 24.2 Å². The number of carbonyl (C=O) groups excluding carboxylic acids is 1. The molecule has 2 heterocycles. The van der Waals surface area contributed by atoms with Crippen LogP contribution < -0.4 is 20.9 Å². The largest absolute Gasteiger partial charge is 0.495 e. The first kappa shape index (κ1) is 21.8. The number of hydrogen-bond acceptors (Lipinski definition) is 6. The van der Waals surface area contributed by atoms with Crippen molar-refractivity contribution in [3.63, 3.8) is 0 Å². The minimum Gasteiger partial charge on any atom is -0.495 e. The number of benzene rings is 2. The van der Waals surface area contributed by atoms with Gasteiger partial charge in [-0.3, -0.25) is 4.79 Å². The molecule has 2 aromatic carbocycles. The van der Waals surface area contributed by atoms with Crippen LogP contribution in [0.25, 0.3) is 5.65 Å². The zero-order valence-corrected chi connectivity index (χ0v) is 18.8. The molecule has 32 heavy (non-hydrogen) atoms. The number of hydrogen-bond donors (Lipinski definition) is 2. The summed E-state index contributed by atoms with van der Waals surface area (Å²) in [6.45, 7) is 1.76. The normalized spacial score (nSPS) is 10.8. The second kappa shape index (κ2) is 9.37. The summed E-state index contributed by atoms with van der Waals surface area (Å²) in [6, 6.07) is 15.0. The molecule has 8 nitrogen and oxygen atoms in total. The average Bonchev–Trinajstić information content (AvgIpc) is 3.14. The Morgan fingerprint density at radius 2 is 1.94 bits per heavy atom. The molecule has 0 aliphatic heterocycles. The molecule has 4 aromatic rings. The van der Waals surface area contributed by atoms with E-state index in [9.17, 15) is 9.59 Å². The van der Waals surface area contributed by atoms with Crippen LogP contribution in [0.2, 0.25) is 5.02 Å². The van der Waals surface area contributed by atoms with Crippen molar-refractivity contribution in [1.29, 1.82) is 0 Å². The van der Waals surface area contributed by atoms with Crippen LogP contribution in [0.15, 0.2) is 68.8 Å². The van der Waals surface area contributed by atoms with Crippen LogP contribution >= 0.6 is 23.4 Å². The van der Waals surface area contributed by atoms with Crippen molar-refractivity contribution >= 4 is 46.4 Å². The number of thioether (sulfide) groups is 1. The lowest BCUT2D eigenvalue weighted by atomic mass is 10.3. The molecule has 0 radical (unpaired) electrons. The van der Waals surface area contributed by atoms with Gasteiger partial charge < -0.3 is 19.9 Å². The Kier molecular flexibility index (Phi) is 6.38. The number of nitrogens with one attached hydrogen (secondary N) is 2. The van der Waals surface area contributed by atoms with E-state index < -0.39 is 6.03 Å². The fourth-order valence-corrected chi connectivity index (χ4v) is 4.12. The lowest BCUT2D eigenvalue weighted by Gasteiger charge is -2.13. The van der Waals surface area contributed by atoms with E-state index >= 15 is 0 Å². The molecule has 0 aliphatic carbocycles. The number of anilines is 2. The summed E-state index contributed by atoms with van der Waals surface area (Å²) in [5.41, 5.74) is 1.87. The van der Waals surface area contributed by atoms with Gasteiger partial charge in [-0.25, -0.2) is 9.78 Å². The Morgan fingerprint density at radius 1 is 1.16 bits per heavy atom. The smallest absolute Gasteiger partial charge is 0.323 e. The van der Waals surface area contributed by atoms with Crippen molar-refractivity contribution in [2.45, 2.75) is 17.6 Å². The van der Waals surface area contributed by atoms with E-state index in [0.29, 0.717) is 45.0 Å². The SMILES string of the molecule is COc1ccc(Cl)cc1NC(=O)Nc1ccccc1SCc1cc(=O)n2oc(C)cc2n1. The number of aromatic nitrogens is 2. The van der Waals surface area contributed by atoms with Gasteiger partial charge in [0.15, 0.2) is 5.65 Å². The van der Waals surface area contributed by atoms with E-state index in [1.54, 1.807) is 37.3 Å². The van der Waals surface area contributed by atoms with Gasteiger partial charge in [0, 0.05) is 27.8 Å². The Morgan fingerprint density at radius 3 is 2.75 bits per heavy atom. The maximum atomic E-state index is 12.6. The number of aryl methyl sites for hydroxylation is 1. The molecule has 2 amide bonds. The Bertz CT molecular complexity index is 1350. The quantitative estimate of drug-likeness (QED) is 0.376. The number of para-hydroxylation sites is 1. The van der Waals surface area contributed by atoms with Crippen LogP contribution in [0.1, 0.15) is 11.5 Å². The number of amides is 2. The summed E-state index contributed by atoms with van der Waals surface area (Å²) in [4.78, 5) is 30.1. The first-order valence-corrected chi connectivity index (χ1v) is 10.9. The molecule has 2 N–H and O–H groups in total. The molecule has 0 saturated heterocycles. The van der Waals surface area contributed by atoms with E-state index in [-0.39, 0.29) is 5.56 Å². The minimum atomic E-state index is -0.440. The van der Waals surface area contributed by atoms with Crippen LogP contribution in [-0.2, 0) is 5.75 Å². The Labute approximate surface area is 192 Å². The fourth-order valence-electron chi connectivity index (χ4n) is 3.05. The van der Waals surface area contributed by atoms with Crippen molar-refractivity contribution in [1.82, 2.24) is 9.56 Å². The van der Waals surface area contributed by atoms with Gasteiger partial charge in [0.1, 0.15) is 11.5 Å². The summed E-state index contributed by atoms with van der Waals surface area (Å²) in [5, 5.41) is 6.06. The predicted molar refractivity (Wildman–Crippen MR) is 125 cm³/mol. The number of methoxy groups -OCH3 is 1. The first-order valence-electron chi connectivity index (χ1n) is 9.56. The zero-order valence-electron chi connectivity index (χ0n) is 17.2. The molecule has 164 valence electrons. The molecule has 4 rings (SSSR count). The number of halogens is 1. The molecule has 0 spiro atoms. The van der Waals surface area contributed by atoms with E-state index in [2.05, 4.69) is 15.6 Å². The second-order valence-electron chi connectivity index (χ2n) is 6.79. The molecular weight excluding hydrogens is 452 g/mol. The molecular formula is C22H19ClN4O4S. The third kappa shape index (κ3) is 4.90. The molecule has 0 aliphatic rings. The van der Waals surface area contributed by atoms with Gasteiger partial charge in [0.25, 0.3) is 5.56 Å². The standard InChI is InChI=1S/C22H19ClN4O4S/c1-13-9-20-24-15(11-21(28)27(20)31-13)12-32-19-6-4-3-5-16(19)25-22(29)26-17-10-14(23)7-8-18(17)30-2/h3-11H,12H2,1-2H3,(H2,25,26,29). The molecule has 2 aromatic heterocycles. The Balaban J connectivity index is 1.48. The van der Waals surface area contributed by atoms with Crippen molar-refractivity contribution in [2.75, 3.05) is 17.7 Å². The fraction of sp³-hybridized carbons (Fsp3) is 0.136. The minimum absolute atomic E-state index is 0.278. The van der Waals surface area contributed by atoms with Crippen molar-refractivity contribution in [3.05, 3.63) is 81.4 Å². The van der Waals surface area contributed by atoms with E-state index in [1.807, 2.05) is 18.2 Å². The topological polar surface area (TPSA) is 97.9 Å². The summed E-state index contributed by atoms with van der Waals surface area (Å²) in [6.07, 6.45) is 0. The highest BCUT2D eigenvalue weighted by molar-refractivity contribution is 7.98. The summed E-state index contributed by atoms with van der Waals surface area (Å²) < 4.78 is 11.7. The highest BCUT2D eigenvalue weighted by Gasteiger charge is 2.12. The average molecular weight is 471 g/mol. The number of fused-ring (bicyclic) bond motifs is 1. The lowest BCUT2D eigenvalue weighted by Crippen LogP contribution is -2.20. The monoisotopic (exact) mass is 470 g/mol. The zero-order chi connectivity index (χ0) is 22.7. The van der Waals surface area contributed by atoms with Crippen LogP contribution in [0, 0.1) is 6.92 Å². The van der Waals surface area contributed by atoms with E-state index in [0.717, 1.165) is 9.47 Å². The van der Waals surface area contributed by atoms with Gasteiger partial charge >= 0.3 is 6.03 Å². The first-order chi connectivity index (χ1) is 15.4.